The molecule has 0 aromatic carbocycles. The molecule has 0 unspecified atom stereocenters. The Labute approximate surface area is 96.1 Å². The summed E-state index contributed by atoms with van der Waals surface area (Å²) in [5, 5.41) is 18.6. The largest absolute Gasteiger partial charge is 0.383 e. The summed E-state index contributed by atoms with van der Waals surface area (Å²) < 4.78 is 1.84. The molecule has 1 aromatic heterocycles. The van der Waals surface area contributed by atoms with E-state index in [0.29, 0.717) is 0 Å². The van der Waals surface area contributed by atoms with Gasteiger partial charge in [0.15, 0.2) is 0 Å². The van der Waals surface area contributed by atoms with Crippen LogP contribution in [0.4, 0.5) is 0 Å². The van der Waals surface area contributed by atoms with E-state index in [1.807, 2.05) is 4.68 Å². The third-order valence-corrected chi connectivity index (χ3v) is 3.34. The molecule has 1 aliphatic heterocycles. The number of hydrogen-bond acceptors (Lipinski definition) is 4. The summed E-state index contributed by atoms with van der Waals surface area (Å²) in [5.74, 6) is 0. The van der Waals surface area contributed by atoms with Crippen molar-refractivity contribution < 1.29 is 5.11 Å². The predicted molar refractivity (Wildman–Crippen MR) is 60.9 cm³/mol. The monoisotopic (exact) mass is 224 g/mol. The quantitative estimate of drug-likeness (QED) is 0.817. The van der Waals surface area contributed by atoms with Crippen molar-refractivity contribution in [3.8, 4) is 0 Å². The van der Waals surface area contributed by atoms with Gasteiger partial charge in [0.05, 0.1) is 11.9 Å². The molecular weight excluding hydrogens is 204 g/mol. The minimum absolute atomic E-state index is 0.731. The van der Waals surface area contributed by atoms with Gasteiger partial charge < -0.3 is 10.0 Å². The number of aromatic nitrogens is 3. The molecule has 0 atom stereocenters. The van der Waals surface area contributed by atoms with Gasteiger partial charge in [-0.05, 0) is 26.3 Å². The van der Waals surface area contributed by atoms with Crippen LogP contribution in [0.5, 0.6) is 0 Å². The summed E-state index contributed by atoms with van der Waals surface area (Å²) in [4.78, 5) is 2.24. The molecule has 16 heavy (non-hydrogen) atoms. The maximum Gasteiger partial charge on any atom is 0.110 e. The molecule has 0 amide bonds. The van der Waals surface area contributed by atoms with Crippen LogP contribution in [0.25, 0.3) is 0 Å². The zero-order valence-corrected chi connectivity index (χ0v) is 10.1. The topological polar surface area (TPSA) is 54.2 Å². The number of aliphatic hydroxyl groups is 1. The molecule has 1 aliphatic rings. The molecule has 2 rings (SSSR count). The molecule has 0 radical (unpaired) electrons. The van der Waals surface area contributed by atoms with Crippen molar-refractivity contribution in [1.82, 2.24) is 19.9 Å². The van der Waals surface area contributed by atoms with Gasteiger partial charge in [0.2, 0.25) is 0 Å². The fourth-order valence-corrected chi connectivity index (χ4v) is 2.24. The molecule has 90 valence electrons. The first kappa shape index (κ1) is 11.5. The van der Waals surface area contributed by atoms with Crippen molar-refractivity contribution in [1.29, 1.82) is 0 Å². The summed E-state index contributed by atoms with van der Waals surface area (Å²) in [5.41, 5.74) is 0.146. The molecular formula is C11H20N4O. The predicted octanol–water partition coefficient (Wildman–Crippen LogP) is 0.601. The van der Waals surface area contributed by atoms with Crippen LogP contribution in [0.15, 0.2) is 6.20 Å². The highest BCUT2D eigenvalue weighted by atomic mass is 16.3. The molecule has 0 saturated carbocycles. The second-order valence-corrected chi connectivity index (χ2v) is 4.68. The van der Waals surface area contributed by atoms with E-state index in [2.05, 4.69) is 29.2 Å². The van der Waals surface area contributed by atoms with Gasteiger partial charge >= 0.3 is 0 Å². The molecule has 2 heterocycles. The van der Waals surface area contributed by atoms with E-state index < -0.39 is 5.60 Å². The minimum atomic E-state index is -0.731. The van der Waals surface area contributed by atoms with Crippen molar-refractivity contribution in [3.63, 3.8) is 0 Å². The van der Waals surface area contributed by atoms with Gasteiger partial charge in [-0.3, -0.25) is 0 Å². The van der Waals surface area contributed by atoms with Gasteiger partial charge in [-0.25, -0.2) is 4.68 Å². The zero-order chi connectivity index (χ0) is 11.6. The van der Waals surface area contributed by atoms with Crippen LogP contribution in [0, 0.1) is 0 Å². The Morgan fingerprint density at radius 2 is 2.12 bits per heavy atom. The van der Waals surface area contributed by atoms with Gasteiger partial charge in [-0.1, -0.05) is 12.1 Å². The van der Waals surface area contributed by atoms with Crippen molar-refractivity contribution in [2.75, 3.05) is 20.1 Å². The molecule has 1 saturated heterocycles. The van der Waals surface area contributed by atoms with E-state index in [-0.39, 0.29) is 0 Å². The molecule has 1 N–H and O–H groups in total. The summed E-state index contributed by atoms with van der Waals surface area (Å²) >= 11 is 0. The van der Waals surface area contributed by atoms with Gasteiger partial charge in [-0.15, -0.1) is 5.10 Å². The Kier molecular flexibility index (Phi) is 3.25. The fourth-order valence-electron chi connectivity index (χ4n) is 2.24. The first-order valence-corrected chi connectivity index (χ1v) is 5.95. The maximum absolute atomic E-state index is 10.6. The Morgan fingerprint density at radius 1 is 1.44 bits per heavy atom. The third kappa shape index (κ3) is 2.10. The summed E-state index contributed by atoms with van der Waals surface area (Å²) in [6.45, 7) is 4.78. The van der Waals surface area contributed by atoms with Gasteiger partial charge in [-0.2, -0.15) is 0 Å². The summed E-state index contributed by atoms with van der Waals surface area (Å²) in [7, 11) is 2.08. The van der Waals surface area contributed by atoms with Crippen molar-refractivity contribution in [2.45, 2.75) is 38.3 Å². The van der Waals surface area contributed by atoms with E-state index in [0.717, 1.165) is 44.6 Å². The SMILES string of the molecule is CCCn1nncc1C1(O)CCN(C)CC1. The summed E-state index contributed by atoms with van der Waals surface area (Å²) in [6, 6.07) is 0. The molecule has 0 spiro atoms. The lowest BCUT2D eigenvalue weighted by Gasteiger charge is -2.36. The number of aryl methyl sites for hydroxylation is 1. The minimum Gasteiger partial charge on any atom is -0.383 e. The highest BCUT2D eigenvalue weighted by Gasteiger charge is 2.36. The average molecular weight is 224 g/mol. The standard InChI is InChI=1S/C11H20N4O/c1-3-6-15-10(9-12-13-15)11(16)4-7-14(2)8-5-11/h9,16H,3-8H2,1-2H3. The smallest absolute Gasteiger partial charge is 0.110 e. The van der Waals surface area contributed by atoms with Gasteiger partial charge in [0, 0.05) is 19.6 Å². The van der Waals surface area contributed by atoms with Crippen molar-refractivity contribution >= 4 is 0 Å². The first-order valence-electron chi connectivity index (χ1n) is 5.95. The lowest BCUT2D eigenvalue weighted by atomic mass is 9.88. The van der Waals surface area contributed by atoms with E-state index in [1.54, 1.807) is 6.20 Å². The molecule has 0 bridgehead atoms. The zero-order valence-electron chi connectivity index (χ0n) is 10.1. The Bertz CT molecular complexity index is 342. The average Bonchev–Trinajstić information content (AvgIpc) is 2.72. The van der Waals surface area contributed by atoms with Crippen LogP contribution in [-0.2, 0) is 12.1 Å². The highest BCUT2D eigenvalue weighted by Crippen LogP contribution is 2.31. The maximum atomic E-state index is 10.6. The highest BCUT2D eigenvalue weighted by molar-refractivity contribution is 5.09. The number of piperidine rings is 1. The van der Waals surface area contributed by atoms with Crippen molar-refractivity contribution in [2.24, 2.45) is 0 Å². The molecule has 1 aromatic rings. The molecule has 1 fully saturated rings. The lowest BCUT2D eigenvalue weighted by Crippen LogP contribution is -2.42. The van der Waals surface area contributed by atoms with E-state index >= 15 is 0 Å². The van der Waals surface area contributed by atoms with E-state index in [4.69, 9.17) is 0 Å². The Morgan fingerprint density at radius 3 is 2.75 bits per heavy atom. The van der Waals surface area contributed by atoms with E-state index in [1.165, 1.54) is 0 Å². The fraction of sp³-hybridized carbons (Fsp3) is 0.818. The second-order valence-electron chi connectivity index (χ2n) is 4.68. The lowest BCUT2D eigenvalue weighted by molar-refractivity contribution is -0.0274. The Balaban J connectivity index is 2.18. The number of likely N-dealkylation sites (tertiary alicyclic amines) is 1. The Hall–Kier alpha value is -0.940. The van der Waals surface area contributed by atoms with Gasteiger partial charge in [0.1, 0.15) is 5.60 Å². The van der Waals surface area contributed by atoms with Crippen LogP contribution in [0.3, 0.4) is 0 Å². The van der Waals surface area contributed by atoms with Crippen LogP contribution in [-0.4, -0.2) is 45.1 Å². The van der Waals surface area contributed by atoms with Crippen molar-refractivity contribution in [3.05, 3.63) is 11.9 Å². The number of nitrogens with zero attached hydrogens (tertiary/aromatic N) is 4. The number of rotatable bonds is 3. The molecule has 0 aliphatic carbocycles. The van der Waals surface area contributed by atoms with Crippen LogP contribution in [0.2, 0.25) is 0 Å². The summed E-state index contributed by atoms with van der Waals surface area (Å²) in [6.07, 6.45) is 4.24. The van der Waals surface area contributed by atoms with Crippen LogP contribution in [0.1, 0.15) is 31.9 Å². The van der Waals surface area contributed by atoms with Crippen LogP contribution >= 0.6 is 0 Å². The molecule has 5 nitrogen and oxygen atoms in total. The molecule has 5 heteroatoms. The normalized spacial score (nSPS) is 21.2. The third-order valence-electron chi connectivity index (χ3n) is 3.34. The first-order chi connectivity index (χ1) is 7.65. The van der Waals surface area contributed by atoms with Crippen LogP contribution < -0.4 is 0 Å². The number of hydrogen-bond donors (Lipinski definition) is 1. The van der Waals surface area contributed by atoms with Gasteiger partial charge in [0.25, 0.3) is 0 Å². The van der Waals surface area contributed by atoms with E-state index in [9.17, 15) is 5.11 Å². The second kappa shape index (κ2) is 4.51.